The molecule has 3 rings (SSSR count). The van der Waals surface area contributed by atoms with Crippen molar-refractivity contribution in [2.45, 2.75) is 4.90 Å². The molecule has 0 aliphatic carbocycles. The first kappa shape index (κ1) is 19.6. The lowest BCUT2D eigenvalue weighted by Crippen LogP contribution is -2.33. The van der Waals surface area contributed by atoms with Gasteiger partial charge in [0.2, 0.25) is 10.0 Å². The first-order chi connectivity index (χ1) is 12.6. The quantitative estimate of drug-likeness (QED) is 0.538. The Hall–Kier alpha value is -2.11. The summed E-state index contributed by atoms with van der Waals surface area (Å²) in [5.41, 5.74) is 0.456. The molecule has 4 N–H and O–H groups in total. The molecule has 140 valence electrons. The molecule has 0 atom stereocenters. The maximum atomic E-state index is 13.3. The van der Waals surface area contributed by atoms with E-state index in [0.717, 1.165) is 11.3 Å². The third-order valence-corrected chi connectivity index (χ3v) is 6.25. The Labute approximate surface area is 168 Å². The van der Waals surface area contributed by atoms with Crippen LogP contribution < -0.4 is 15.8 Å². The number of nitrogens with two attached hydrogens (primary N) is 1. The van der Waals surface area contributed by atoms with E-state index >= 15 is 0 Å². The molecule has 3 aromatic rings. The van der Waals surface area contributed by atoms with Crippen LogP contribution in [0.3, 0.4) is 0 Å². The number of halogens is 2. The smallest absolute Gasteiger partial charge is 0.269 e. The number of carbonyl (C=O) groups excluding carboxylic acids is 1. The van der Waals surface area contributed by atoms with Gasteiger partial charge in [0.1, 0.15) is 10.7 Å². The van der Waals surface area contributed by atoms with Crippen molar-refractivity contribution in [2.75, 3.05) is 5.32 Å². The molecule has 27 heavy (non-hydrogen) atoms. The minimum absolute atomic E-state index is 0.0111. The van der Waals surface area contributed by atoms with E-state index in [4.69, 9.17) is 29.0 Å². The molecular formula is C16H11ClFN3O3S3. The van der Waals surface area contributed by atoms with E-state index in [1.54, 1.807) is 0 Å². The summed E-state index contributed by atoms with van der Waals surface area (Å²) in [5.74, 6) is -0.965. The molecule has 1 aromatic heterocycles. The number of fused-ring (bicyclic) bond motifs is 1. The lowest BCUT2D eigenvalue weighted by molar-refractivity contribution is 0.0982. The average molecular weight is 444 g/mol. The van der Waals surface area contributed by atoms with Crippen molar-refractivity contribution in [1.82, 2.24) is 5.32 Å². The summed E-state index contributed by atoms with van der Waals surface area (Å²) in [6.07, 6.45) is 0. The van der Waals surface area contributed by atoms with Crippen LogP contribution in [0.1, 0.15) is 9.67 Å². The maximum absolute atomic E-state index is 13.3. The van der Waals surface area contributed by atoms with Gasteiger partial charge in [0.05, 0.1) is 9.92 Å². The van der Waals surface area contributed by atoms with Gasteiger partial charge in [-0.05, 0) is 54.7 Å². The highest BCUT2D eigenvalue weighted by atomic mass is 35.5. The molecule has 11 heteroatoms. The number of rotatable bonds is 3. The maximum Gasteiger partial charge on any atom is 0.269 e. The Morgan fingerprint density at radius 3 is 2.48 bits per heavy atom. The summed E-state index contributed by atoms with van der Waals surface area (Å²) in [6.45, 7) is 0. The molecule has 0 radical (unpaired) electrons. The number of thiophene rings is 1. The Morgan fingerprint density at radius 2 is 1.85 bits per heavy atom. The van der Waals surface area contributed by atoms with Gasteiger partial charge in [-0.25, -0.2) is 17.9 Å². The number of sulfonamides is 1. The standard InChI is InChI=1S/C16H11ClFN3O3S3/c17-13-11-6-1-8(18)7-12(11)26-14(13)15(22)21-16(25)20-9-2-4-10(5-3-9)27(19,23)24/h1-7H,(H2,19,23,24)(H2,20,21,22,25). The molecule has 0 spiro atoms. The number of amides is 1. The number of thiocarbonyl (C=S) groups is 1. The zero-order valence-corrected chi connectivity index (χ0v) is 16.5. The Morgan fingerprint density at radius 1 is 1.19 bits per heavy atom. The second-order valence-corrected chi connectivity index (χ2v) is 8.76. The average Bonchev–Trinajstić information content (AvgIpc) is 2.90. The molecule has 2 aromatic carbocycles. The summed E-state index contributed by atoms with van der Waals surface area (Å²) in [5, 5.41) is 11.0. The Bertz CT molecular complexity index is 1160. The highest BCUT2D eigenvalue weighted by Gasteiger charge is 2.18. The van der Waals surface area contributed by atoms with Crippen LogP contribution >= 0.6 is 35.2 Å². The second kappa shape index (κ2) is 7.49. The van der Waals surface area contributed by atoms with Crippen molar-refractivity contribution in [3.05, 3.63) is 58.2 Å². The number of hydrogen-bond acceptors (Lipinski definition) is 5. The van der Waals surface area contributed by atoms with E-state index in [-0.39, 0.29) is 19.9 Å². The SMILES string of the molecule is NS(=O)(=O)c1ccc(NC(=S)NC(=O)c2sc3cc(F)ccc3c2Cl)cc1. The minimum atomic E-state index is -3.79. The van der Waals surface area contributed by atoms with Gasteiger partial charge in [0, 0.05) is 15.8 Å². The van der Waals surface area contributed by atoms with Gasteiger partial charge >= 0.3 is 0 Å². The minimum Gasteiger partial charge on any atom is -0.332 e. The van der Waals surface area contributed by atoms with Crippen molar-refractivity contribution in [3.8, 4) is 0 Å². The van der Waals surface area contributed by atoms with Crippen molar-refractivity contribution in [1.29, 1.82) is 0 Å². The highest BCUT2D eigenvalue weighted by Crippen LogP contribution is 2.35. The molecule has 0 fully saturated rings. The molecular weight excluding hydrogens is 433 g/mol. The van der Waals surface area contributed by atoms with Crippen molar-refractivity contribution in [2.24, 2.45) is 5.14 Å². The first-order valence-electron chi connectivity index (χ1n) is 7.28. The summed E-state index contributed by atoms with van der Waals surface area (Å²) >= 11 is 12.3. The van der Waals surface area contributed by atoms with Crippen LogP contribution in [0.4, 0.5) is 10.1 Å². The molecule has 0 aliphatic rings. The van der Waals surface area contributed by atoms with Crippen LogP contribution in [-0.4, -0.2) is 19.4 Å². The van der Waals surface area contributed by atoms with Crippen molar-refractivity contribution >= 4 is 72.0 Å². The van der Waals surface area contributed by atoms with E-state index < -0.39 is 21.7 Å². The molecule has 0 saturated carbocycles. The number of anilines is 1. The molecule has 0 bridgehead atoms. The zero-order chi connectivity index (χ0) is 19.8. The summed E-state index contributed by atoms with van der Waals surface area (Å²) in [7, 11) is -3.79. The van der Waals surface area contributed by atoms with Gasteiger partial charge in [-0.2, -0.15) is 0 Å². The highest BCUT2D eigenvalue weighted by molar-refractivity contribution is 7.89. The number of nitrogens with one attached hydrogen (secondary N) is 2. The molecule has 1 amide bonds. The second-order valence-electron chi connectivity index (χ2n) is 5.36. The monoisotopic (exact) mass is 443 g/mol. The lowest BCUT2D eigenvalue weighted by atomic mass is 10.2. The normalized spacial score (nSPS) is 11.4. The molecule has 0 aliphatic heterocycles. The van der Waals surface area contributed by atoms with Gasteiger partial charge < -0.3 is 5.32 Å². The Kier molecular flexibility index (Phi) is 5.45. The number of carbonyl (C=O) groups is 1. The number of primary sulfonamides is 1. The summed E-state index contributed by atoms with van der Waals surface area (Å²) in [4.78, 5) is 12.6. The van der Waals surface area contributed by atoms with Crippen molar-refractivity contribution < 1.29 is 17.6 Å². The fourth-order valence-corrected chi connectivity index (χ4v) is 4.40. The summed E-state index contributed by atoms with van der Waals surface area (Å²) < 4.78 is 36.3. The third kappa shape index (κ3) is 4.42. The molecule has 0 saturated heterocycles. The topological polar surface area (TPSA) is 101 Å². The van der Waals surface area contributed by atoms with Crippen LogP contribution in [0.25, 0.3) is 10.1 Å². The van der Waals surface area contributed by atoms with Gasteiger partial charge in [0.15, 0.2) is 5.11 Å². The molecule has 6 nitrogen and oxygen atoms in total. The fraction of sp³-hybridized carbons (Fsp3) is 0. The third-order valence-electron chi connectivity index (χ3n) is 3.47. The predicted molar refractivity (Wildman–Crippen MR) is 108 cm³/mol. The van der Waals surface area contributed by atoms with Gasteiger partial charge in [-0.3, -0.25) is 10.1 Å². The molecule has 0 unspecified atom stereocenters. The van der Waals surface area contributed by atoms with Crippen LogP contribution in [0, 0.1) is 5.82 Å². The van der Waals surface area contributed by atoms with E-state index in [0.29, 0.717) is 15.8 Å². The van der Waals surface area contributed by atoms with E-state index in [1.165, 1.54) is 42.5 Å². The number of hydrogen-bond donors (Lipinski definition) is 3. The van der Waals surface area contributed by atoms with Crippen LogP contribution in [0.2, 0.25) is 5.02 Å². The largest absolute Gasteiger partial charge is 0.332 e. The zero-order valence-electron chi connectivity index (χ0n) is 13.3. The predicted octanol–water partition coefficient (Wildman–Crippen LogP) is 3.47. The first-order valence-corrected chi connectivity index (χ1v) is 10.4. The van der Waals surface area contributed by atoms with E-state index in [2.05, 4.69) is 10.6 Å². The van der Waals surface area contributed by atoms with Gasteiger partial charge in [0.25, 0.3) is 5.91 Å². The van der Waals surface area contributed by atoms with Crippen molar-refractivity contribution in [3.63, 3.8) is 0 Å². The molecule has 1 heterocycles. The van der Waals surface area contributed by atoms with Crippen LogP contribution in [0.5, 0.6) is 0 Å². The fourth-order valence-electron chi connectivity index (χ4n) is 2.24. The number of benzene rings is 2. The van der Waals surface area contributed by atoms with E-state index in [9.17, 15) is 17.6 Å². The Balaban J connectivity index is 1.72. The summed E-state index contributed by atoms with van der Waals surface area (Å²) in [6, 6.07) is 9.58. The van der Waals surface area contributed by atoms with Gasteiger partial charge in [-0.15, -0.1) is 11.3 Å². The van der Waals surface area contributed by atoms with Crippen LogP contribution in [0.15, 0.2) is 47.4 Å². The van der Waals surface area contributed by atoms with Gasteiger partial charge in [-0.1, -0.05) is 11.6 Å². The van der Waals surface area contributed by atoms with E-state index in [1.807, 2.05) is 0 Å². The lowest BCUT2D eigenvalue weighted by Gasteiger charge is -2.09. The van der Waals surface area contributed by atoms with Crippen LogP contribution in [-0.2, 0) is 10.0 Å².